The highest BCUT2D eigenvalue weighted by Crippen LogP contribution is 2.29. The normalized spacial score (nSPS) is 16.8. The Labute approximate surface area is 103 Å². The van der Waals surface area contributed by atoms with Crippen LogP contribution in [0.5, 0.6) is 5.75 Å². The molecule has 2 unspecified atom stereocenters. The number of benzene rings is 1. The van der Waals surface area contributed by atoms with Crippen molar-refractivity contribution in [2.24, 2.45) is 0 Å². The summed E-state index contributed by atoms with van der Waals surface area (Å²) in [7, 11) is 0. The zero-order chi connectivity index (χ0) is 12.3. The van der Waals surface area contributed by atoms with Crippen LogP contribution in [0.25, 0.3) is 0 Å². The van der Waals surface area contributed by atoms with Crippen LogP contribution >= 0.6 is 0 Å². The Morgan fingerprint density at radius 1 is 1.53 bits per heavy atom. The molecule has 1 aliphatic rings. The summed E-state index contributed by atoms with van der Waals surface area (Å²) in [4.78, 5) is 0. The van der Waals surface area contributed by atoms with Gasteiger partial charge in [-0.25, -0.2) is 0 Å². The molecule has 2 rings (SSSR count). The molecule has 1 aromatic carbocycles. The maximum Gasteiger partial charge on any atom is 0.122 e. The molecule has 0 aliphatic carbocycles. The summed E-state index contributed by atoms with van der Waals surface area (Å²) in [5.74, 6) is 3.75. The standard InChI is InChI=1S/C15H19NO/c1-4-11(3)16-14(5-2)12-6-7-15-13(10-12)8-9-17-15/h1,6-7,10-11,14,16H,5,8-9H2,2-3H3. The Morgan fingerprint density at radius 2 is 2.35 bits per heavy atom. The lowest BCUT2D eigenvalue weighted by Crippen LogP contribution is -2.28. The van der Waals surface area contributed by atoms with E-state index >= 15 is 0 Å². The minimum Gasteiger partial charge on any atom is -0.493 e. The van der Waals surface area contributed by atoms with Gasteiger partial charge in [0.1, 0.15) is 5.75 Å². The summed E-state index contributed by atoms with van der Waals surface area (Å²) in [6.07, 6.45) is 7.46. The van der Waals surface area contributed by atoms with Gasteiger partial charge < -0.3 is 4.74 Å². The van der Waals surface area contributed by atoms with Gasteiger partial charge in [-0.1, -0.05) is 25.0 Å². The SMILES string of the molecule is C#CC(C)NC(CC)c1ccc2c(c1)CCO2. The number of hydrogen-bond acceptors (Lipinski definition) is 2. The molecule has 2 atom stereocenters. The van der Waals surface area contributed by atoms with Crippen LogP contribution in [0.3, 0.4) is 0 Å². The molecule has 2 heteroatoms. The average Bonchev–Trinajstić information content (AvgIpc) is 2.82. The lowest BCUT2D eigenvalue weighted by molar-refractivity contribution is 0.356. The van der Waals surface area contributed by atoms with Gasteiger partial charge in [-0.15, -0.1) is 6.42 Å². The third-order valence-corrected chi connectivity index (χ3v) is 3.23. The third kappa shape index (κ3) is 2.62. The number of fused-ring (bicyclic) bond motifs is 1. The van der Waals surface area contributed by atoms with E-state index in [2.05, 4.69) is 36.4 Å². The van der Waals surface area contributed by atoms with Crippen molar-refractivity contribution in [3.63, 3.8) is 0 Å². The van der Waals surface area contributed by atoms with E-state index < -0.39 is 0 Å². The van der Waals surface area contributed by atoms with Crippen LogP contribution in [-0.4, -0.2) is 12.6 Å². The molecule has 1 aromatic rings. The fraction of sp³-hybridized carbons (Fsp3) is 0.467. The van der Waals surface area contributed by atoms with Gasteiger partial charge in [-0.2, -0.15) is 0 Å². The number of nitrogens with one attached hydrogen (secondary N) is 1. The summed E-state index contributed by atoms with van der Waals surface area (Å²) >= 11 is 0. The predicted molar refractivity (Wildman–Crippen MR) is 70.1 cm³/mol. The third-order valence-electron chi connectivity index (χ3n) is 3.23. The molecule has 0 saturated heterocycles. The highest BCUT2D eigenvalue weighted by Gasteiger charge is 2.16. The van der Waals surface area contributed by atoms with Crippen LogP contribution in [0.1, 0.15) is 37.4 Å². The highest BCUT2D eigenvalue weighted by atomic mass is 16.5. The first-order valence-electron chi connectivity index (χ1n) is 6.22. The summed E-state index contributed by atoms with van der Waals surface area (Å²) in [6, 6.07) is 6.88. The summed E-state index contributed by atoms with van der Waals surface area (Å²) in [6.45, 7) is 4.99. The van der Waals surface area contributed by atoms with E-state index in [1.54, 1.807) is 0 Å². The Morgan fingerprint density at radius 3 is 3.06 bits per heavy atom. The summed E-state index contributed by atoms with van der Waals surface area (Å²) < 4.78 is 5.52. The molecule has 1 N–H and O–H groups in total. The molecular weight excluding hydrogens is 210 g/mol. The van der Waals surface area contributed by atoms with Crippen molar-refractivity contribution in [2.45, 2.75) is 38.8 Å². The van der Waals surface area contributed by atoms with Crippen LogP contribution in [0, 0.1) is 12.3 Å². The second-order valence-electron chi connectivity index (χ2n) is 4.48. The largest absolute Gasteiger partial charge is 0.493 e. The summed E-state index contributed by atoms with van der Waals surface area (Å²) in [5.41, 5.74) is 2.62. The maximum absolute atomic E-state index is 5.52. The number of hydrogen-bond donors (Lipinski definition) is 1. The van der Waals surface area contributed by atoms with Gasteiger partial charge in [-0.05, 0) is 30.5 Å². The predicted octanol–water partition coefficient (Wildman–Crippen LogP) is 2.68. The molecule has 1 heterocycles. The Hall–Kier alpha value is -1.46. The molecule has 0 bridgehead atoms. The molecule has 0 saturated carbocycles. The van der Waals surface area contributed by atoms with Gasteiger partial charge in [0.05, 0.1) is 12.6 Å². The minimum absolute atomic E-state index is 0.101. The lowest BCUT2D eigenvalue weighted by atomic mass is 10.00. The Kier molecular flexibility index (Phi) is 3.71. The second-order valence-corrected chi connectivity index (χ2v) is 4.48. The average molecular weight is 229 g/mol. The molecule has 0 radical (unpaired) electrons. The van der Waals surface area contributed by atoms with E-state index in [1.165, 1.54) is 11.1 Å². The van der Waals surface area contributed by atoms with Gasteiger partial charge in [0.2, 0.25) is 0 Å². The lowest BCUT2D eigenvalue weighted by Gasteiger charge is -2.20. The molecular formula is C15H19NO. The maximum atomic E-state index is 5.52. The van der Waals surface area contributed by atoms with Crippen LogP contribution in [0.15, 0.2) is 18.2 Å². The van der Waals surface area contributed by atoms with Crippen molar-refractivity contribution < 1.29 is 4.74 Å². The first kappa shape index (κ1) is 12.0. The van der Waals surface area contributed by atoms with E-state index in [9.17, 15) is 0 Å². The van der Waals surface area contributed by atoms with Gasteiger partial charge in [0.25, 0.3) is 0 Å². The molecule has 0 fully saturated rings. The van der Waals surface area contributed by atoms with Gasteiger partial charge in [-0.3, -0.25) is 5.32 Å². The van der Waals surface area contributed by atoms with Crippen molar-refractivity contribution in [2.75, 3.05) is 6.61 Å². The van der Waals surface area contributed by atoms with Crippen LogP contribution in [0.2, 0.25) is 0 Å². The van der Waals surface area contributed by atoms with Gasteiger partial charge in [0, 0.05) is 12.5 Å². The van der Waals surface area contributed by atoms with Crippen molar-refractivity contribution in [3.8, 4) is 18.1 Å². The molecule has 2 nitrogen and oxygen atoms in total. The van der Waals surface area contributed by atoms with E-state index in [0.29, 0.717) is 6.04 Å². The Bertz CT molecular complexity index is 433. The van der Waals surface area contributed by atoms with Gasteiger partial charge in [0.15, 0.2) is 0 Å². The molecule has 0 aromatic heterocycles. The van der Waals surface area contributed by atoms with Crippen molar-refractivity contribution >= 4 is 0 Å². The molecule has 1 aliphatic heterocycles. The van der Waals surface area contributed by atoms with Gasteiger partial charge >= 0.3 is 0 Å². The molecule has 90 valence electrons. The molecule has 0 spiro atoms. The molecule has 17 heavy (non-hydrogen) atoms. The zero-order valence-corrected chi connectivity index (χ0v) is 10.5. The zero-order valence-electron chi connectivity index (χ0n) is 10.5. The smallest absolute Gasteiger partial charge is 0.122 e. The van der Waals surface area contributed by atoms with E-state index in [0.717, 1.165) is 25.2 Å². The van der Waals surface area contributed by atoms with Crippen LogP contribution in [0.4, 0.5) is 0 Å². The first-order valence-corrected chi connectivity index (χ1v) is 6.22. The number of ether oxygens (including phenoxy) is 1. The second kappa shape index (κ2) is 5.25. The van der Waals surface area contributed by atoms with Crippen molar-refractivity contribution in [1.82, 2.24) is 5.32 Å². The van der Waals surface area contributed by atoms with Crippen molar-refractivity contribution in [1.29, 1.82) is 0 Å². The van der Waals surface area contributed by atoms with Crippen LogP contribution in [-0.2, 0) is 6.42 Å². The number of rotatable bonds is 4. The van der Waals surface area contributed by atoms with E-state index in [4.69, 9.17) is 11.2 Å². The monoisotopic (exact) mass is 229 g/mol. The van der Waals surface area contributed by atoms with E-state index in [1.807, 2.05) is 6.92 Å². The topological polar surface area (TPSA) is 21.3 Å². The number of terminal acetylenes is 1. The Balaban J connectivity index is 2.17. The minimum atomic E-state index is 0.101. The van der Waals surface area contributed by atoms with E-state index in [-0.39, 0.29) is 6.04 Å². The molecule has 0 amide bonds. The van der Waals surface area contributed by atoms with Crippen LogP contribution < -0.4 is 10.1 Å². The highest BCUT2D eigenvalue weighted by molar-refractivity contribution is 5.40. The fourth-order valence-electron chi connectivity index (χ4n) is 2.22. The first-order chi connectivity index (χ1) is 8.24. The van der Waals surface area contributed by atoms with Crippen molar-refractivity contribution in [3.05, 3.63) is 29.3 Å². The summed E-state index contributed by atoms with van der Waals surface area (Å²) in [5, 5.41) is 3.45. The fourth-order valence-corrected chi connectivity index (χ4v) is 2.22. The quantitative estimate of drug-likeness (QED) is 0.801.